The molecule has 1 aromatic carbocycles. The van der Waals surface area contributed by atoms with Crippen molar-refractivity contribution >= 4 is 11.6 Å². The number of hydrogen-bond acceptors (Lipinski definition) is 2. The Morgan fingerprint density at radius 3 is 2.79 bits per heavy atom. The van der Waals surface area contributed by atoms with E-state index in [4.69, 9.17) is 16.9 Å². The molecule has 14 heavy (non-hydrogen) atoms. The van der Waals surface area contributed by atoms with Gasteiger partial charge in [0.2, 0.25) is 0 Å². The van der Waals surface area contributed by atoms with Crippen LogP contribution in [0.25, 0.3) is 0 Å². The van der Waals surface area contributed by atoms with Gasteiger partial charge in [-0.25, -0.2) is 0 Å². The molecule has 0 aliphatic carbocycles. The molecule has 0 spiro atoms. The molecule has 0 saturated heterocycles. The summed E-state index contributed by atoms with van der Waals surface area (Å²) in [6.07, 6.45) is 1.00. The van der Waals surface area contributed by atoms with Crippen molar-refractivity contribution in [2.45, 2.75) is 19.4 Å². The number of nitriles is 1. The molecule has 74 valence electrons. The van der Waals surface area contributed by atoms with E-state index in [9.17, 15) is 0 Å². The molecule has 1 aromatic rings. The highest BCUT2D eigenvalue weighted by atomic mass is 35.5. The van der Waals surface area contributed by atoms with Crippen LogP contribution < -0.4 is 5.32 Å². The molecule has 0 aliphatic rings. The Morgan fingerprint density at radius 1 is 1.50 bits per heavy atom. The maximum Gasteiger partial charge on any atom is 0.122 e. The van der Waals surface area contributed by atoms with Crippen LogP contribution in [-0.4, -0.2) is 6.54 Å². The molecule has 0 heterocycles. The van der Waals surface area contributed by atoms with Crippen LogP contribution in [0.4, 0.5) is 0 Å². The quantitative estimate of drug-likeness (QED) is 0.826. The van der Waals surface area contributed by atoms with E-state index in [1.165, 1.54) is 0 Å². The smallest absolute Gasteiger partial charge is 0.122 e. The number of benzene rings is 1. The number of nitrogens with one attached hydrogen (secondary N) is 1. The van der Waals surface area contributed by atoms with Gasteiger partial charge < -0.3 is 0 Å². The highest BCUT2D eigenvalue weighted by molar-refractivity contribution is 6.31. The SMILES string of the molecule is CCCN[C@H](C#N)c1ccccc1Cl. The van der Waals surface area contributed by atoms with E-state index in [-0.39, 0.29) is 6.04 Å². The minimum atomic E-state index is -0.302. The molecule has 0 radical (unpaired) electrons. The lowest BCUT2D eigenvalue weighted by Gasteiger charge is -2.12. The van der Waals surface area contributed by atoms with Gasteiger partial charge in [-0.05, 0) is 19.0 Å². The van der Waals surface area contributed by atoms with Crippen LogP contribution in [0.3, 0.4) is 0 Å². The molecule has 1 atom stereocenters. The summed E-state index contributed by atoms with van der Waals surface area (Å²) >= 11 is 5.99. The third-order valence-electron chi connectivity index (χ3n) is 1.94. The molecule has 0 unspecified atom stereocenters. The molecule has 0 aliphatic heterocycles. The Hall–Kier alpha value is -1.04. The van der Waals surface area contributed by atoms with Crippen molar-refractivity contribution in [2.24, 2.45) is 0 Å². The van der Waals surface area contributed by atoms with Gasteiger partial charge >= 0.3 is 0 Å². The summed E-state index contributed by atoms with van der Waals surface area (Å²) in [4.78, 5) is 0. The van der Waals surface area contributed by atoms with Gasteiger partial charge in [-0.2, -0.15) is 5.26 Å². The van der Waals surface area contributed by atoms with E-state index in [2.05, 4.69) is 18.3 Å². The fourth-order valence-corrected chi connectivity index (χ4v) is 1.47. The first-order chi connectivity index (χ1) is 6.79. The van der Waals surface area contributed by atoms with Crippen molar-refractivity contribution in [1.29, 1.82) is 5.26 Å². The van der Waals surface area contributed by atoms with Gasteiger partial charge in [-0.1, -0.05) is 36.7 Å². The first-order valence-corrected chi connectivity index (χ1v) is 5.04. The van der Waals surface area contributed by atoms with Crippen LogP contribution in [0.15, 0.2) is 24.3 Å². The van der Waals surface area contributed by atoms with Crippen molar-refractivity contribution in [3.8, 4) is 6.07 Å². The predicted octanol–water partition coefficient (Wildman–Crippen LogP) is 2.90. The highest BCUT2D eigenvalue weighted by Gasteiger charge is 2.11. The summed E-state index contributed by atoms with van der Waals surface area (Å²) in [6.45, 7) is 2.89. The van der Waals surface area contributed by atoms with Gasteiger partial charge in [-0.15, -0.1) is 0 Å². The average molecular weight is 209 g/mol. The van der Waals surface area contributed by atoms with Crippen molar-refractivity contribution in [3.05, 3.63) is 34.9 Å². The Kier molecular flexibility index (Phi) is 4.45. The molecule has 1 N–H and O–H groups in total. The fourth-order valence-electron chi connectivity index (χ4n) is 1.22. The lowest BCUT2D eigenvalue weighted by atomic mass is 10.1. The van der Waals surface area contributed by atoms with Gasteiger partial charge in [-0.3, -0.25) is 5.32 Å². The lowest BCUT2D eigenvalue weighted by molar-refractivity contribution is 0.621. The zero-order valence-electron chi connectivity index (χ0n) is 8.13. The van der Waals surface area contributed by atoms with Crippen molar-refractivity contribution < 1.29 is 0 Å². The van der Waals surface area contributed by atoms with Crippen LogP contribution in [0.5, 0.6) is 0 Å². The number of halogens is 1. The maximum absolute atomic E-state index is 8.96. The van der Waals surface area contributed by atoms with E-state index in [0.717, 1.165) is 18.5 Å². The summed E-state index contributed by atoms with van der Waals surface area (Å²) in [5.74, 6) is 0. The Balaban J connectivity index is 2.80. The van der Waals surface area contributed by atoms with Crippen LogP contribution in [0, 0.1) is 11.3 Å². The summed E-state index contributed by atoms with van der Waals surface area (Å²) < 4.78 is 0. The topological polar surface area (TPSA) is 35.8 Å². The second-order valence-corrected chi connectivity index (χ2v) is 3.44. The van der Waals surface area contributed by atoms with E-state index < -0.39 is 0 Å². The van der Waals surface area contributed by atoms with E-state index in [1.807, 2.05) is 18.2 Å². The molecule has 0 saturated carbocycles. The first kappa shape index (κ1) is 11.0. The number of nitrogens with zero attached hydrogens (tertiary/aromatic N) is 1. The van der Waals surface area contributed by atoms with Gasteiger partial charge in [0, 0.05) is 10.6 Å². The average Bonchev–Trinajstić information content (AvgIpc) is 2.21. The first-order valence-electron chi connectivity index (χ1n) is 4.67. The minimum Gasteiger partial charge on any atom is -0.298 e. The third-order valence-corrected chi connectivity index (χ3v) is 2.29. The molecule has 0 fully saturated rings. The Bertz CT molecular complexity index is 330. The van der Waals surface area contributed by atoms with Crippen LogP contribution in [-0.2, 0) is 0 Å². The molecule has 3 heteroatoms. The monoisotopic (exact) mass is 208 g/mol. The molecule has 0 amide bonds. The molecule has 2 nitrogen and oxygen atoms in total. The summed E-state index contributed by atoms with van der Waals surface area (Å²) in [7, 11) is 0. The van der Waals surface area contributed by atoms with Crippen molar-refractivity contribution in [2.75, 3.05) is 6.54 Å². The largest absolute Gasteiger partial charge is 0.298 e. The maximum atomic E-state index is 8.96. The normalized spacial score (nSPS) is 12.1. The van der Waals surface area contributed by atoms with Gasteiger partial charge in [0.05, 0.1) is 6.07 Å². The van der Waals surface area contributed by atoms with Gasteiger partial charge in [0.25, 0.3) is 0 Å². The second-order valence-electron chi connectivity index (χ2n) is 3.04. The zero-order chi connectivity index (χ0) is 10.4. The van der Waals surface area contributed by atoms with Crippen LogP contribution >= 0.6 is 11.6 Å². The predicted molar refractivity (Wildman–Crippen MR) is 58.1 cm³/mol. The van der Waals surface area contributed by atoms with Crippen LogP contribution in [0.1, 0.15) is 24.9 Å². The second kappa shape index (κ2) is 5.64. The van der Waals surface area contributed by atoms with E-state index in [1.54, 1.807) is 6.07 Å². The standard InChI is InChI=1S/C11H13ClN2/c1-2-7-14-11(8-13)9-5-3-4-6-10(9)12/h3-6,11,14H,2,7H2,1H3/t11-/m1/s1. The Morgan fingerprint density at radius 2 is 2.21 bits per heavy atom. The van der Waals surface area contributed by atoms with Crippen molar-refractivity contribution in [1.82, 2.24) is 5.32 Å². The van der Waals surface area contributed by atoms with Gasteiger partial charge in [0.1, 0.15) is 6.04 Å². The molecular formula is C11H13ClN2. The number of hydrogen-bond donors (Lipinski definition) is 1. The van der Waals surface area contributed by atoms with Crippen molar-refractivity contribution in [3.63, 3.8) is 0 Å². The fraction of sp³-hybridized carbons (Fsp3) is 0.364. The zero-order valence-corrected chi connectivity index (χ0v) is 8.88. The summed E-state index contributed by atoms with van der Waals surface area (Å²) in [5, 5.41) is 12.7. The number of rotatable bonds is 4. The van der Waals surface area contributed by atoms with E-state index >= 15 is 0 Å². The molecule has 1 rings (SSSR count). The summed E-state index contributed by atoms with van der Waals surface area (Å²) in [6, 6.07) is 9.32. The minimum absolute atomic E-state index is 0.302. The molecule has 0 bridgehead atoms. The summed E-state index contributed by atoms with van der Waals surface area (Å²) in [5.41, 5.74) is 0.852. The van der Waals surface area contributed by atoms with E-state index in [0.29, 0.717) is 5.02 Å². The Labute approximate surface area is 89.5 Å². The third kappa shape index (κ3) is 2.73. The highest BCUT2D eigenvalue weighted by Crippen LogP contribution is 2.21. The molecule has 0 aromatic heterocycles. The lowest BCUT2D eigenvalue weighted by Crippen LogP contribution is -2.20. The van der Waals surface area contributed by atoms with Crippen LogP contribution in [0.2, 0.25) is 5.02 Å². The van der Waals surface area contributed by atoms with Gasteiger partial charge in [0.15, 0.2) is 0 Å². The molecular weight excluding hydrogens is 196 g/mol.